The van der Waals surface area contributed by atoms with E-state index < -0.39 is 0 Å². The van der Waals surface area contributed by atoms with Crippen LogP contribution in [0.15, 0.2) is 29.3 Å². The Kier molecular flexibility index (Phi) is 4.05. The molecule has 1 saturated heterocycles. The third kappa shape index (κ3) is 3.73. The number of aliphatic imine (C=N–C) groups is 1. The van der Waals surface area contributed by atoms with Crippen molar-refractivity contribution in [1.82, 2.24) is 5.32 Å². The summed E-state index contributed by atoms with van der Waals surface area (Å²) in [7, 11) is 0. The Hall–Kier alpha value is -1.03. The van der Waals surface area contributed by atoms with Crippen LogP contribution in [0.4, 0.5) is 4.39 Å². The van der Waals surface area contributed by atoms with Crippen LogP contribution in [0.5, 0.6) is 0 Å². The number of benzene rings is 1. The second-order valence-corrected chi connectivity index (χ2v) is 5.89. The van der Waals surface area contributed by atoms with Crippen LogP contribution < -0.4 is 5.32 Å². The molecular weight excluding hydrogens is 235 g/mol. The molecule has 1 aliphatic rings. The Labute approximate surface area is 106 Å². The van der Waals surface area contributed by atoms with Crippen molar-refractivity contribution >= 4 is 16.9 Å². The molecule has 1 N–H and O–H groups in total. The molecule has 0 aromatic heterocycles. The number of rotatable bonds is 2. The fourth-order valence-corrected chi connectivity index (χ4v) is 3.10. The van der Waals surface area contributed by atoms with Gasteiger partial charge in [-0.1, -0.05) is 30.8 Å². The highest BCUT2D eigenvalue weighted by molar-refractivity contribution is 8.14. The first kappa shape index (κ1) is 12.4. The number of amidine groups is 1. The molecule has 0 aliphatic carbocycles. The molecule has 0 bridgehead atoms. The highest BCUT2D eigenvalue weighted by atomic mass is 32.2. The molecule has 4 heteroatoms. The summed E-state index contributed by atoms with van der Waals surface area (Å²) in [6.45, 7) is 4.90. The number of nitrogens with one attached hydrogen (secondary N) is 1. The lowest BCUT2D eigenvalue weighted by Crippen LogP contribution is -2.38. The largest absolute Gasteiger partial charge is 0.362 e. The van der Waals surface area contributed by atoms with E-state index in [1.165, 1.54) is 12.1 Å². The average Bonchev–Trinajstić information content (AvgIpc) is 2.25. The van der Waals surface area contributed by atoms with Crippen molar-refractivity contribution in [2.75, 3.05) is 0 Å². The van der Waals surface area contributed by atoms with Crippen molar-refractivity contribution in [3.8, 4) is 0 Å². The number of thioether (sulfide) groups is 1. The van der Waals surface area contributed by atoms with Crippen molar-refractivity contribution in [1.29, 1.82) is 0 Å². The molecule has 0 amide bonds. The zero-order chi connectivity index (χ0) is 12.3. The van der Waals surface area contributed by atoms with Gasteiger partial charge in [-0.15, -0.1) is 0 Å². The molecule has 1 aliphatic heterocycles. The second kappa shape index (κ2) is 5.54. The van der Waals surface area contributed by atoms with Crippen molar-refractivity contribution < 1.29 is 4.39 Å². The molecule has 92 valence electrons. The Morgan fingerprint density at radius 3 is 3.00 bits per heavy atom. The van der Waals surface area contributed by atoms with Gasteiger partial charge in [0.25, 0.3) is 0 Å². The van der Waals surface area contributed by atoms with E-state index in [0.717, 1.165) is 17.2 Å². The van der Waals surface area contributed by atoms with E-state index in [2.05, 4.69) is 24.2 Å². The molecular formula is C13H17FN2S. The summed E-state index contributed by atoms with van der Waals surface area (Å²) in [5, 5.41) is 4.92. The predicted molar refractivity (Wildman–Crippen MR) is 71.8 cm³/mol. The van der Waals surface area contributed by atoms with E-state index in [1.807, 2.05) is 6.07 Å². The zero-order valence-electron chi connectivity index (χ0n) is 10.1. The van der Waals surface area contributed by atoms with E-state index in [1.54, 1.807) is 17.8 Å². The van der Waals surface area contributed by atoms with Crippen LogP contribution in [0.25, 0.3) is 0 Å². The van der Waals surface area contributed by atoms with Crippen molar-refractivity contribution in [2.45, 2.75) is 38.1 Å². The summed E-state index contributed by atoms with van der Waals surface area (Å²) >= 11 is 1.76. The van der Waals surface area contributed by atoms with Crippen LogP contribution >= 0.6 is 11.8 Å². The van der Waals surface area contributed by atoms with Crippen molar-refractivity contribution in [3.63, 3.8) is 0 Å². The van der Waals surface area contributed by atoms with Crippen LogP contribution in [0.1, 0.15) is 25.8 Å². The molecule has 0 radical (unpaired) electrons. The van der Waals surface area contributed by atoms with Gasteiger partial charge in [0.1, 0.15) is 5.82 Å². The number of nitrogens with zero attached hydrogens (tertiary/aromatic N) is 1. The van der Waals surface area contributed by atoms with E-state index in [4.69, 9.17) is 0 Å². The van der Waals surface area contributed by atoms with Gasteiger partial charge in [-0.3, -0.25) is 4.99 Å². The van der Waals surface area contributed by atoms with Gasteiger partial charge in [0.2, 0.25) is 0 Å². The molecule has 17 heavy (non-hydrogen) atoms. The molecule has 1 fully saturated rings. The van der Waals surface area contributed by atoms with Gasteiger partial charge >= 0.3 is 0 Å². The van der Waals surface area contributed by atoms with Crippen LogP contribution in [-0.2, 0) is 6.54 Å². The normalized spacial score (nSPS) is 26.9. The minimum atomic E-state index is -0.200. The Morgan fingerprint density at radius 2 is 2.29 bits per heavy atom. The highest BCUT2D eigenvalue weighted by Crippen LogP contribution is 2.22. The zero-order valence-corrected chi connectivity index (χ0v) is 10.9. The van der Waals surface area contributed by atoms with Gasteiger partial charge in [0, 0.05) is 11.3 Å². The molecule has 1 heterocycles. The van der Waals surface area contributed by atoms with Gasteiger partial charge in [-0.2, -0.15) is 0 Å². The number of halogens is 1. The quantitative estimate of drug-likeness (QED) is 0.874. The lowest BCUT2D eigenvalue weighted by Gasteiger charge is -2.26. The van der Waals surface area contributed by atoms with Crippen LogP contribution in [0, 0.1) is 5.82 Å². The van der Waals surface area contributed by atoms with E-state index in [9.17, 15) is 4.39 Å². The first-order valence-electron chi connectivity index (χ1n) is 5.85. The van der Waals surface area contributed by atoms with Gasteiger partial charge in [-0.25, -0.2) is 4.39 Å². The Balaban J connectivity index is 2.00. The average molecular weight is 252 g/mol. The second-order valence-electron chi connectivity index (χ2n) is 4.46. The monoisotopic (exact) mass is 252 g/mol. The summed E-state index contributed by atoms with van der Waals surface area (Å²) < 4.78 is 13.0. The molecule has 2 atom stereocenters. The van der Waals surface area contributed by atoms with Crippen molar-refractivity contribution in [3.05, 3.63) is 35.6 Å². The summed E-state index contributed by atoms with van der Waals surface area (Å²) in [4.78, 5) is 4.50. The molecule has 2 unspecified atom stereocenters. The first-order valence-corrected chi connectivity index (χ1v) is 6.73. The van der Waals surface area contributed by atoms with Crippen LogP contribution in [-0.4, -0.2) is 16.5 Å². The van der Waals surface area contributed by atoms with E-state index >= 15 is 0 Å². The minimum absolute atomic E-state index is 0.200. The first-order chi connectivity index (χ1) is 8.13. The third-order valence-electron chi connectivity index (χ3n) is 2.66. The summed E-state index contributed by atoms with van der Waals surface area (Å²) in [6.07, 6.45) is 1.16. The molecule has 0 saturated carbocycles. The standard InChI is InChI=1S/C13H17FN2S/c1-9-6-10(2)17-13(16-9)15-8-11-4-3-5-12(14)7-11/h3-5,7,9-10H,6,8H2,1-2H3,(H,15,16). The van der Waals surface area contributed by atoms with Gasteiger partial charge in [0.15, 0.2) is 5.17 Å². The maximum absolute atomic E-state index is 13.0. The minimum Gasteiger partial charge on any atom is -0.362 e. The fraction of sp³-hybridized carbons (Fsp3) is 0.462. The third-order valence-corrected chi connectivity index (χ3v) is 3.73. The number of hydrogen-bond acceptors (Lipinski definition) is 2. The van der Waals surface area contributed by atoms with Crippen LogP contribution in [0.2, 0.25) is 0 Å². The lowest BCUT2D eigenvalue weighted by molar-refractivity contribution is 0.597. The maximum atomic E-state index is 13.0. The van der Waals surface area contributed by atoms with Crippen molar-refractivity contribution in [2.24, 2.45) is 4.99 Å². The summed E-state index contributed by atoms with van der Waals surface area (Å²) in [6, 6.07) is 7.07. The SMILES string of the molecule is CC1CC(C)SC(=NCc2cccc(F)c2)N1. The maximum Gasteiger partial charge on any atom is 0.157 e. The van der Waals surface area contributed by atoms with E-state index in [0.29, 0.717) is 17.8 Å². The molecule has 1 aromatic carbocycles. The van der Waals surface area contributed by atoms with Gasteiger partial charge in [-0.05, 0) is 31.0 Å². The number of hydrogen-bond donors (Lipinski definition) is 1. The molecule has 2 nitrogen and oxygen atoms in total. The fourth-order valence-electron chi connectivity index (χ4n) is 1.92. The van der Waals surface area contributed by atoms with Gasteiger partial charge in [0.05, 0.1) is 6.54 Å². The van der Waals surface area contributed by atoms with E-state index in [-0.39, 0.29) is 5.82 Å². The smallest absolute Gasteiger partial charge is 0.157 e. The molecule has 0 spiro atoms. The summed E-state index contributed by atoms with van der Waals surface area (Å²) in [5.74, 6) is -0.200. The Morgan fingerprint density at radius 1 is 1.47 bits per heavy atom. The Bertz CT molecular complexity index is 408. The van der Waals surface area contributed by atoms with Gasteiger partial charge < -0.3 is 5.32 Å². The molecule has 2 rings (SSSR count). The molecule has 1 aromatic rings. The summed E-state index contributed by atoms with van der Waals surface area (Å²) in [5.41, 5.74) is 0.908. The van der Waals surface area contributed by atoms with Crippen LogP contribution in [0.3, 0.4) is 0 Å². The predicted octanol–water partition coefficient (Wildman–Crippen LogP) is 3.19. The highest BCUT2D eigenvalue weighted by Gasteiger charge is 2.19. The lowest BCUT2D eigenvalue weighted by atomic mass is 10.2. The topological polar surface area (TPSA) is 24.4 Å².